The standard InChI is InChI=1S/C26H35N3O2/c1-19(2)16-24(30)29-15-7-12-26(18-29,25(31)28-20(3)4)17-22-8-5-6-9-23(22)21-10-13-27-14-11-21/h5-6,8-11,13-14,19-20H,7,12,15-18H2,1-4H3,(H,28,31)/t26-/m1/s1. The molecule has 0 aliphatic carbocycles. The van der Waals surface area contributed by atoms with Crippen LogP contribution in [0.2, 0.25) is 0 Å². The van der Waals surface area contributed by atoms with Crippen LogP contribution < -0.4 is 5.32 Å². The molecule has 1 saturated heterocycles. The quantitative estimate of drug-likeness (QED) is 0.717. The van der Waals surface area contributed by atoms with Crippen molar-refractivity contribution in [2.75, 3.05) is 13.1 Å². The number of benzene rings is 1. The molecule has 2 amide bonds. The lowest BCUT2D eigenvalue weighted by atomic mass is 9.73. The second-order valence-corrected chi connectivity index (χ2v) is 9.50. The second kappa shape index (κ2) is 10.1. The van der Waals surface area contributed by atoms with Crippen LogP contribution in [0.1, 0.15) is 52.5 Å². The number of nitrogens with one attached hydrogen (secondary N) is 1. The van der Waals surface area contributed by atoms with Gasteiger partial charge in [-0.3, -0.25) is 14.6 Å². The van der Waals surface area contributed by atoms with Crippen molar-refractivity contribution in [2.24, 2.45) is 11.3 Å². The van der Waals surface area contributed by atoms with E-state index in [4.69, 9.17) is 0 Å². The molecule has 0 spiro atoms. The molecule has 1 fully saturated rings. The van der Waals surface area contributed by atoms with Crippen LogP contribution in [0.25, 0.3) is 11.1 Å². The molecule has 5 heteroatoms. The van der Waals surface area contributed by atoms with E-state index in [2.05, 4.69) is 36.3 Å². The first kappa shape index (κ1) is 23.0. The maximum absolute atomic E-state index is 13.5. The third kappa shape index (κ3) is 5.72. The molecule has 31 heavy (non-hydrogen) atoms. The zero-order valence-corrected chi connectivity index (χ0v) is 19.2. The van der Waals surface area contributed by atoms with Crippen molar-refractivity contribution in [3.63, 3.8) is 0 Å². The highest BCUT2D eigenvalue weighted by Crippen LogP contribution is 2.37. The van der Waals surface area contributed by atoms with Gasteiger partial charge in [0.25, 0.3) is 0 Å². The molecular formula is C26H35N3O2. The molecule has 2 aromatic rings. The first-order valence-electron chi connectivity index (χ1n) is 11.4. The minimum atomic E-state index is -0.627. The lowest BCUT2D eigenvalue weighted by molar-refractivity contribution is -0.142. The highest BCUT2D eigenvalue weighted by molar-refractivity contribution is 5.85. The average molecular weight is 422 g/mol. The van der Waals surface area contributed by atoms with E-state index in [1.54, 1.807) is 12.4 Å². The van der Waals surface area contributed by atoms with Crippen LogP contribution in [0.15, 0.2) is 48.8 Å². The summed E-state index contributed by atoms with van der Waals surface area (Å²) < 4.78 is 0. The third-order valence-corrected chi connectivity index (χ3v) is 5.95. The van der Waals surface area contributed by atoms with Crippen molar-refractivity contribution in [2.45, 2.75) is 59.4 Å². The Balaban J connectivity index is 1.96. The molecule has 1 aromatic heterocycles. The molecule has 0 radical (unpaired) electrons. The predicted molar refractivity (Wildman–Crippen MR) is 124 cm³/mol. The maximum Gasteiger partial charge on any atom is 0.228 e. The van der Waals surface area contributed by atoms with Crippen molar-refractivity contribution in [1.82, 2.24) is 15.2 Å². The summed E-state index contributed by atoms with van der Waals surface area (Å²) in [6.07, 6.45) is 6.33. The van der Waals surface area contributed by atoms with Crippen molar-refractivity contribution in [3.8, 4) is 11.1 Å². The molecule has 1 N–H and O–H groups in total. The van der Waals surface area contributed by atoms with Crippen LogP contribution in [-0.2, 0) is 16.0 Å². The van der Waals surface area contributed by atoms with Gasteiger partial charge >= 0.3 is 0 Å². The van der Waals surface area contributed by atoms with E-state index in [1.165, 1.54) is 0 Å². The lowest BCUT2D eigenvalue weighted by Gasteiger charge is -2.42. The molecule has 1 atom stereocenters. The number of nitrogens with zero attached hydrogens (tertiary/aromatic N) is 2. The second-order valence-electron chi connectivity index (χ2n) is 9.50. The summed E-state index contributed by atoms with van der Waals surface area (Å²) >= 11 is 0. The molecule has 3 rings (SSSR count). The highest BCUT2D eigenvalue weighted by Gasteiger charge is 2.44. The summed E-state index contributed by atoms with van der Waals surface area (Å²) in [7, 11) is 0. The normalized spacial score (nSPS) is 19.0. The minimum Gasteiger partial charge on any atom is -0.353 e. The number of aromatic nitrogens is 1. The summed E-state index contributed by atoms with van der Waals surface area (Å²) in [4.78, 5) is 32.4. The van der Waals surface area contributed by atoms with E-state index in [0.717, 1.165) is 36.1 Å². The van der Waals surface area contributed by atoms with Gasteiger partial charge < -0.3 is 10.2 Å². The van der Waals surface area contributed by atoms with E-state index in [-0.39, 0.29) is 17.9 Å². The van der Waals surface area contributed by atoms with Crippen LogP contribution in [0.3, 0.4) is 0 Å². The number of carbonyl (C=O) groups excluding carboxylic acids is 2. The van der Waals surface area contributed by atoms with Gasteiger partial charge in [0.2, 0.25) is 11.8 Å². The Labute approximate surface area is 186 Å². The number of amides is 2. The van der Waals surface area contributed by atoms with Gasteiger partial charge in [0.05, 0.1) is 5.41 Å². The summed E-state index contributed by atoms with van der Waals surface area (Å²) in [5.41, 5.74) is 2.71. The van der Waals surface area contributed by atoms with Gasteiger partial charge in [-0.1, -0.05) is 38.1 Å². The van der Waals surface area contributed by atoms with Gasteiger partial charge in [0, 0.05) is 37.9 Å². The average Bonchev–Trinajstić information content (AvgIpc) is 2.74. The molecule has 166 valence electrons. The zero-order chi connectivity index (χ0) is 22.4. The van der Waals surface area contributed by atoms with Gasteiger partial charge in [-0.05, 0) is 67.9 Å². The van der Waals surface area contributed by atoms with Gasteiger partial charge in [-0.25, -0.2) is 0 Å². The number of pyridine rings is 1. The zero-order valence-electron chi connectivity index (χ0n) is 19.2. The molecule has 0 bridgehead atoms. The fraction of sp³-hybridized carbons (Fsp3) is 0.500. The molecule has 0 saturated carbocycles. The fourth-order valence-corrected chi connectivity index (χ4v) is 4.50. The van der Waals surface area contributed by atoms with E-state index in [1.807, 2.05) is 43.0 Å². The number of rotatable bonds is 7. The highest BCUT2D eigenvalue weighted by atomic mass is 16.2. The summed E-state index contributed by atoms with van der Waals surface area (Å²) in [5.74, 6) is 0.508. The fourth-order valence-electron chi connectivity index (χ4n) is 4.50. The largest absolute Gasteiger partial charge is 0.353 e. The van der Waals surface area contributed by atoms with E-state index >= 15 is 0 Å². The molecular weight excluding hydrogens is 386 g/mol. The SMILES string of the molecule is CC(C)CC(=O)N1CCC[C@](Cc2ccccc2-c2ccncc2)(C(=O)NC(C)C)C1. The Morgan fingerprint density at radius 3 is 2.48 bits per heavy atom. The van der Waals surface area contributed by atoms with Gasteiger partial charge in [0.1, 0.15) is 0 Å². The van der Waals surface area contributed by atoms with E-state index < -0.39 is 5.41 Å². The lowest BCUT2D eigenvalue weighted by Crippen LogP contribution is -2.55. The molecule has 2 heterocycles. The van der Waals surface area contributed by atoms with Crippen LogP contribution in [0, 0.1) is 11.3 Å². The molecule has 1 aliphatic heterocycles. The third-order valence-electron chi connectivity index (χ3n) is 5.95. The monoisotopic (exact) mass is 421 g/mol. The van der Waals surface area contributed by atoms with Crippen molar-refractivity contribution in [3.05, 3.63) is 54.4 Å². The van der Waals surface area contributed by atoms with Crippen LogP contribution in [-0.4, -0.2) is 40.8 Å². The Morgan fingerprint density at radius 2 is 1.81 bits per heavy atom. The Hall–Kier alpha value is -2.69. The first-order valence-corrected chi connectivity index (χ1v) is 11.4. The number of piperidine rings is 1. The van der Waals surface area contributed by atoms with Gasteiger partial charge in [0.15, 0.2) is 0 Å². The Kier molecular flexibility index (Phi) is 7.47. The van der Waals surface area contributed by atoms with E-state index in [9.17, 15) is 9.59 Å². The number of hydrogen-bond acceptors (Lipinski definition) is 3. The number of hydrogen-bond donors (Lipinski definition) is 1. The van der Waals surface area contributed by atoms with Gasteiger partial charge in [-0.15, -0.1) is 0 Å². The predicted octanol–water partition coefficient (Wildman–Crippen LogP) is 4.47. The topological polar surface area (TPSA) is 62.3 Å². The molecule has 1 aliphatic rings. The van der Waals surface area contributed by atoms with Crippen molar-refractivity contribution >= 4 is 11.8 Å². The summed E-state index contributed by atoms with van der Waals surface area (Å²) in [6.45, 7) is 9.30. The van der Waals surface area contributed by atoms with Crippen LogP contribution >= 0.6 is 0 Å². The maximum atomic E-state index is 13.5. The van der Waals surface area contributed by atoms with Crippen molar-refractivity contribution < 1.29 is 9.59 Å². The van der Waals surface area contributed by atoms with Crippen LogP contribution in [0.4, 0.5) is 0 Å². The Bertz CT molecular complexity index is 895. The Morgan fingerprint density at radius 1 is 1.10 bits per heavy atom. The van der Waals surface area contributed by atoms with Gasteiger partial charge in [-0.2, -0.15) is 0 Å². The summed E-state index contributed by atoms with van der Waals surface area (Å²) in [5, 5.41) is 3.15. The summed E-state index contributed by atoms with van der Waals surface area (Å²) in [6, 6.07) is 12.3. The molecule has 5 nitrogen and oxygen atoms in total. The first-order chi connectivity index (χ1) is 14.8. The number of carbonyl (C=O) groups is 2. The van der Waals surface area contributed by atoms with E-state index in [0.29, 0.717) is 25.3 Å². The smallest absolute Gasteiger partial charge is 0.228 e. The number of likely N-dealkylation sites (tertiary alicyclic amines) is 1. The molecule has 1 aromatic carbocycles. The molecule has 0 unspecified atom stereocenters. The van der Waals surface area contributed by atoms with Crippen molar-refractivity contribution in [1.29, 1.82) is 0 Å². The van der Waals surface area contributed by atoms with Crippen LogP contribution in [0.5, 0.6) is 0 Å². The minimum absolute atomic E-state index is 0.0501.